The summed E-state index contributed by atoms with van der Waals surface area (Å²) in [6.45, 7) is 4.61. The van der Waals surface area contributed by atoms with E-state index in [1.54, 1.807) is 16.2 Å². The fourth-order valence-corrected chi connectivity index (χ4v) is 3.50. The molecule has 6 nitrogen and oxygen atoms in total. The Labute approximate surface area is 162 Å². The van der Waals surface area contributed by atoms with Crippen molar-refractivity contribution in [3.05, 3.63) is 58.8 Å². The molecule has 0 radical (unpaired) electrons. The third-order valence-electron chi connectivity index (χ3n) is 5.06. The molecule has 146 valence electrons. The van der Waals surface area contributed by atoms with Crippen molar-refractivity contribution in [2.75, 3.05) is 32.7 Å². The molecule has 1 amide bonds. The molecule has 1 aromatic rings. The molecular formula is C20H21F2N5O. The lowest BCUT2D eigenvalue weighted by Gasteiger charge is -2.37. The van der Waals surface area contributed by atoms with E-state index in [4.69, 9.17) is 0 Å². The summed E-state index contributed by atoms with van der Waals surface area (Å²) in [5, 5.41) is 6.34. The van der Waals surface area contributed by atoms with E-state index in [0.29, 0.717) is 38.3 Å². The van der Waals surface area contributed by atoms with Crippen molar-refractivity contribution in [1.82, 2.24) is 14.8 Å². The van der Waals surface area contributed by atoms with Crippen LogP contribution in [0.4, 0.5) is 8.78 Å². The summed E-state index contributed by atoms with van der Waals surface area (Å²) in [5.74, 6) is -1.01. The van der Waals surface area contributed by atoms with E-state index in [-0.39, 0.29) is 17.9 Å². The molecule has 3 aliphatic rings. The van der Waals surface area contributed by atoms with Gasteiger partial charge in [-0.05, 0) is 42.3 Å². The van der Waals surface area contributed by atoms with Crippen molar-refractivity contribution in [2.24, 2.45) is 10.1 Å². The molecule has 0 unspecified atom stereocenters. The lowest BCUT2D eigenvalue weighted by atomic mass is 10.1. The highest BCUT2D eigenvalue weighted by atomic mass is 19.2. The van der Waals surface area contributed by atoms with E-state index in [2.05, 4.69) is 15.0 Å². The van der Waals surface area contributed by atoms with Gasteiger partial charge in [-0.15, -0.1) is 5.10 Å². The highest BCUT2D eigenvalue weighted by Gasteiger charge is 2.25. The zero-order valence-electron chi connectivity index (χ0n) is 15.6. The number of carbonyl (C=O) groups excluding carboxylic acids is 1. The van der Waals surface area contributed by atoms with Gasteiger partial charge in [0.2, 0.25) is 5.91 Å². The number of amides is 1. The topological polar surface area (TPSA) is 51.5 Å². The lowest BCUT2D eigenvalue weighted by molar-refractivity contribution is -0.131. The van der Waals surface area contributed by atoms with E-state index in [1.807, 2.05) is 18.2 Å². The summed E-state index contributed by atoms with van der Waals surface area (Å²) < 4.78 is 27.0. The number of halogens is 2. The quantitative estimate of drug-likeness (QED) is 0.783. The van der Waals surface area contributed by atoms with Crippen molar-refractivity contribution in [3.63, 3.8) is 0 Å². The number of piperazine rings is 1. The first-order valence-electron chi connectivity index (χ1n) is 9.24. The first kappa shape index (κ1) is 18.3. The molecule has 8 heteroatoms. The second-order valence-corrected chi connectivity index (χ2v) is 7.00. The van der Waals surface area contributed by atoms with Crippen LogP contribution in [-0.4, -0.2) is 65.6 Å². The van der Waals surface area contributed by atoms with Crippen LogP contribution in [0.3, 0.4) is 0 Å². The molecule has 3 aliphatic heterocycles. The number of aliphatic imine (C=N–C) groups is 1. The van der Waals surface area contributed by atoms with Crippen molar-refractivity contribution in [2.45, 2.75) is 13.3 Å². The zero-order chi connectivity index (χ0) is 19.7. The van der Waals surface area contributed by atoms with Crippen molar-refractivity contribution < 1.29 is 13.6 Å². The first-order chi connectivity index (χ1) is 13.5. The Morgan fingerprint density at radius 3 is 2.68 bits per heavy atom. The number of hydrazone groups is 1. The van der Waals surface area contributed by atoms with Crippen LogP contribution < -0.4 is 0 Å². The maximum absolute atomic E-state index is 13.6. The van der Waals surface area contributed by atoms with Crippen molar-refractivity contribution in [1.29, 1.82) is 0 Å². The maximum Gasteiger partial charge on any atom is 0.227 e. The molecule has 1 fully saturated rings. The van der Waals surface area contributed by atoms with Gasteiger partial charge >= 0.3 is 0 Å². The van der Waals surface area contributed by atoms with E-state index in [1.165, 1.54) is 13.0 Å². The second-order valence-electron chi connectivity index (χ2n) is 7.00. The van der Waals surface area contributed by atoms with E-state index in [0.717, 1.165) is 17.6 Å². The van der Waals surface area contributed by atoms with Crippen LogP contribution in [-0.2, 0) is 11.2 Å². The average molecular weight is 385 g/mol. The van der Waals surface area contributed by atoms with Gasteiger partial charge in [0.25, 0.3) is 0 Å². The Hall–Kier alpha value is -3.03. The second kappa shape index (κ2) is 7.53. The van der Waals surface area contributed by atoms with Gasteiger partial charge in [-0.3, -0.25) is 9.79 Å². The number of nitrogens with zero attached hydrogens (tertiary/aromatic N) is 5. The summed E-state index contributed by atoms with van der Waals surface area (Å²) in [6.07, 6.45) is 7.77. The number of carbonyl (C=O) groups is 1. The van der Waals surface area contributed by atoms with Crippen molar-refractivity contribution >= 4 is 18.1 Å². The minimum atomic E-state index is -0.913. The molecule has 3 heterocycles. The number of hydrogen-bond donors (Lipinski definition) is 0. The van der Waals surface area contributed by atoms with Gasteiger partial charge in [-0.25, -0.2) is 13.8 Å². The van der Waals surface area contributed by atoms with Gasteiger partial charge in [0.05, 0.1) is 18.7 Å². The Morgan fingerprint density at radius 2 is 1.93 bits per heavy atom. The Kier molecular flexibility index (Phi) is 4.93. The molecular weight excluding hydrogens is 364 g/mol. The van der Waals surface area contributed by atoms with Gasteiger partial charge in [0, 0.05) is 26.2 Å². The molecule has 0 aromatic heterocycles. The molecule has 0 spiro atoms. The fraction of sp³-hybridized carbons (Fsp3) is 0.350. The van der Waals surface area contributed by atoms with Crippen LogP contribution in [0.2, 0.25) is 0 Å². The standard InChI is InChI=1S/C20H21F2N5O/c1-14-10-15(11-17(21)20(14)22)12-19(28)26-8-6-25(7-9-26)18-3-2-16-4-5-23-13-27(16)24-18/h2-4,10-11,13H,5-9,12H2,1H3. The monoisotopic (exact) mass is 385 g/mol. The summed E-state index contributed by atoms with van der Waals surface area (Å²) in [6, 6.07) is 2.63. The summed E-state index contributed by atoms with van der Waals surface area (Å²) in [7, 11) is 0. The molecule has 0 N–H and O–H groups in total. The highest BCUT2D eigenvalue weighted by molar-refractivity contribution is 5.95. The Balaban J connectivity index is 1.35. The molecule has 0 bridgehead atoms. The molecule has 28 heavy (non-hydrogen) atoms. The van der Waals surface area contributed by atoms with E-state index >= 15 is 0 Å². The number of hydrogen-bond acceptors (Lipinski definition) is 5. The van der Waals surface area contributed by atoms with Crippen LogP contribution >= 0.6 is 0 Å². The Morgan fingerprint density at radius 1 is 1.14 bits per heavy atom. The normalized spacial score (nSPS) is 18.8. The SMILES string of the molecule is Cc1cc(CC(=O)N2CCN(C3=NN4C=NCC=C4C=C3)CC2)cc(F)c1F. The van der Waals surface area contributed by atoms with Gasteiger partial charge in [0.15, 0.2) is 11.6 Å². The molecule has 4 rings (SSSR count). The predicted octanol–water partition coefficient (Wildman–Crippen LogP) is 2.07. The largest absolute Gasteiger partial charge is 0.352 e. The number of rotatable bonds is 2. The van der Waals surface area contributed by atoms with Crippen LogP contribution in [0, 0.1) is 18.6 Å². The predicted molar refractivity (Wildman–Crippen MR) is 103 cm³/mol. The Bertz CT molecular complexity index is 890. The highest BCUT2D eigenvalue weighted by Crippen LogP contribution is 2.18. The van der Waals surface area contributed by atoms with Gasteiger partial charge < -0.3 is 9.80 Å². The van der Waals surface area contributed by atoms with Gasteiger partial charge in [-0.1, -0.05) is 6.07 Å². The zero-order valence-corrected chi connectivity index (χ0v) is 15.6. The number of amidine groups is 1. The lowest BCUT2D eigenvalue weighted by Crippen LogP contribution is -2.51. The molecule has 1 aromatic carbocycles. The fourth-order valence-electron chi connectivity index (χ4n) is 3.50. The van der Waals surface area contributed by atoms with E-state index < -0.39 is 11.6 Å². The summed E-state index contributed by atoms with van der Waals surface area (Å²) in [4.78, 5) is 20.6. The summed E-state index contributed by atoms with van der Waals surface area (Å²) >= 11 is 0. The maximum atomic E-state index is 13.6. The molecule has 0 aliphatic carbocycles. The number of benzene rings is 1. The van der Waals surface area contributed by atoms with Gasteiger partial charge in [-0.2, -0.15) is 0 Å². The summed E-state index contributed by atoms with van der Waals surface area (Å²) in [5.41, 5.74) is 1.71. The third-order valence-corrected chi connectivity index (χ3v) is 5.06. The number of fused-ring (bicyclic) bond motifs is 1. The van der Waals surface area contributed by atoms with Crippen LogP contribution in [0.25, 0.3) is 0 Å². The third kappa shape index (κ3) is 3.67. The molecule has 0 saturated carbocycles. The number of allylic oxidation sites excluding steroid dienone is 1. The minimum absolute atomic E-state index is 0.0668. The minimum Gasteiger partial charge on any atom is -0.352 e. The van der Waals surface area contributed by atoms with Crippen LogP contribution in [0.1, 0.15) is 11.1 Å². The van der Waals surface area contributed by atoms with Crippen LogP contribution in [0.5, 0.6) is 0 Å². The van der Waals surface area contributed by atoms with E-state index in [9.17, 15) is 13.6 Å². The van der Waals surface area contributed by atoms with Gasteiger partial charge in [0.1, 0.15) is 12.2 Å². The number of aryl methyl sites for hydroxylation is 1. The smallest absolute Gasteiger partial charge is 0.227 e. The molecule has 1 saturated heterocycles. The average Bonchev–Trinajstić information content (AvgIpc) is 2.71. The first-order valence-corrected chi connectivity index (χ1v) is 9.24. The van der Waals surface area contributed by atoms with Crippen molar-refractivity contribution in [3.8, 4) is 0 Å². The van der Waals surface area contributed by atoms with Crippen LogP contribution in [0.15, 0.2) is 46.2 Å². The molecule has 0 atom stereocenters.